The van der Waals surface area contributed by atoms with Crippen LogP contribution >= 0.6 is 0 Å². The van der Waals surface area contributed by atoms with Gasteiger partial charge in [-0.05, 0) is 30.0 Å². The fraction of sp³-hybridized carbons (Fsp3) is 0.524. The number of hydrogen-bond donors (Lipinski definition) is 1. The summed E-state index contributed by atoms with van der Waals surface area (Å²) in [5.74, 6) is 3.19. The number of aryl methyl sites for hydroxylation is 1. The maximum atomic E-state index is 12.6. The molecule has 6 nitrogen and oxygen atoms in total. The number of aromatic nitrogens is 2. The van der Waals surface area contributed by atoms with Crippen LogP contribution in [0.25, 0.3) is 0 Å². The van der Waals surface area contributed by atoms with Gasteiger partial charge in [0.05, 0.1) is 20.4 Å². The third-order valence-electron chi connectivity index (χ3n) is 5.48. The van der Waals surface area contributed by atoms with Gasteiger partial charge in [0.25, 0.3) is 5.91 Å². The van der Waals surface area contributed by atoms with Gasteiger partial charge >= 0.3 is 0 Å². The number of hydrogen-bond acceptors (Lipinski definition) is 4. The number of nitrogens with one attached hydrogen (secondary N) is 1. The highest BCUT2D eigenvalue weighted by atomic mass is 16.5. The summed E-state index contributed by atoms with van der Waals surface area (Å²) in [5.41, 5.74) is 1.84. The Kier molecular flexibility index (Phi) is 6.04. The molecule has 0 spiro atoms. The molecule has 1 aliphatic heterocycles. The monoisotopic (exact) mass is 371 g/mol. The Morgan fingerprint density at radius 3 is 2.81 bits per heavy atom. The molecule has 0 bridgehead atoms. The van der Waals surface area contributed by atoms with Crippen LogP contribution in [0.5, 0.6) is 11.5 Å². The second kappa shape index (κ2) is 8.46. The molecule has 1 aromatic carbocycles. The Hall–Kier alpha value is -2.50. The van der Waals surface area contributed by atoms with E-state index in [4.69, 9.17) is 9.47 Å². The molecule has 0 saturated heterocycles. The van der Waals surface area contributed by atoms with Gasteiger partial charge in [-0.1, -0.05) is 26.3 Å². The number of carbonyl (C=O) groups is 1. The van der Waals surface area contributed by atoms with E-state index in [9.17, 15) is 4.79 Å². The van der Waals surface area contributed by atoms with Crippen LogP contribution in [0.2, 0.25) is 0 Å². The van der Waals surface area contributed by atoms with E-state index in [0.29, 0.717) is 24.1 Å². The second-order valence-corrected chi connectivity index (χ2v) is 7.24. The largest absolute Gasteiger partial charge is 0.493 e. The molecule has 2 atom stereocenters. The van der Waals surface area contributed by atoms with Crippen molar-refractivity contribution in [2.24, 2.45) is 5.92 Å². The van der Waals surface area contributed by atoms with E-state index in [1.807, 2.05) is 12.1 Å². The Balaban J connectivity index is 1.78. The molecule has 2 aromatic rings. The van der Waals surface area contributed by atoms with Gasteiger partial charge in [-0.3, -0.25) is 4.79 Å². The minimum Gasteiger partial charge on any atom is -0.493 e. The average Bonchev–Trinajstić information content (AvgIpc) is 3.14. The molecule has 0 fully saturated rings. The minimum absolute atomic E-state index is 0.0398. The summed E-state index contributed by atoms with van der Waals surface area (Å²) >= 11 is 0. The SMILES string of the molecule is CCC(C)CNC(=O)c1cnc2n1CC(c1ccc(OC)c(OC)c1)CC2. The van der Waals surface area contributed by atoms with Crippen LogP contribution in [0, 0.1) is 5.92 Å². The van der Waals surface area contributed by atoms with Crippen LogP contribution < -0.4 is 14.8 Å². The number of rotatable bonds is 7. The van der Waals surface area contributed by atoms with Crippen LogP contribution in [0.3, 0.4) is 0 Å². The van der Waals surface area contributed by atoms with Crippen molar-refractivity contribution in [2.45, 2.75) is 45.6 Å². The fourth-order valence-corrected chi connectivity index (χ4v) is 3.49. The highest BCUT2D eigenvalue weighted by Crippen LogP contribution is 2.35. The van der Waals surface area contributed by atoms with Crippen LogP contribution in [0.4, 0.5) is 0 Å². The number of methoxy groups -OCH3 is 2. The van der Waals surface area contributed by atoms with Gasteiger partial charge in [0, 0.05) is 25.4 Å². The molecule has 146 valence electrons. The zero-order valence-electron chi connectivity index (χ0n) is 16.6. The standard InChI is InChI=1S/C21H29N3O3/c1-5-14(2)11-23-21(25)17-12-22-20-9-7-16(13-24(17)20)15-6-8-18(26-3)19(10-15)27-4/h6,8,10,12,14,16H,5,7,9,11,13H2,1-4H3,(H,23,25). The zero-order chi connectivity index (χ0) is 19.4. The number of fused-ring (bicyclic) bond motifs is 1. The summed E-state index contributed by atoms with van der Waals surface area (Å²) in [7, 11) is 3.29. The summed E-state index contributed by atoms with van der Waals surface area (Å²) in [6.45, 7) is 5.70. The number of carbonyl (C=O) groups excluding carboxylic acids is 1. The first-order chi connectivity index (χ1) is 13.1. The van der Waals surface area contributed by atoms with E-state index in [0.717, 1.165) is 43.1 Å². The van der Waals surface area contributed by atoms with Crippen LogP contribution in [0.1, 0.15) is 54.5 Å². The molecule has 0 radical (unpaired) electrons. The van der Waals surface area contributed by atoms with E-state index in [-0.39, 0.29) is 5.91 Å². The lowest BCUT2D eigenvalue weighted by Crippen LogP contribution is -2.31. The number of benzene rings is 1. The third kappa shape index (κ3) is 4.10. The van der Waals surface area contributed by atoms with Crippen molar-refractivity contribution in [1.29, 1.82) is 0 Å². The normalized spacial score (nSPS) is 17.1. The first-order valence-electron chi connectivity index (χ1n) is 9.61. The fourth-order valence-electron chi connectivity index (χ4n) is 3.49. The van der Waals surface area contributed by atoms with Crippen molar-refractivity contribution in [3.63, 3.8) is 0 Å². The van der Waals surface area contributed by atoms with Gasteiger partial charge in [0.15, 0.2) is 11.5 Å². The van der Waals surface area contributed by atoms with Crippen molar-refractivity contribution in [3.05, 3.63) is 41.5 Å². The molecule has 1 aliphatic rings. The molecule has 1 N–H and O–H groups in total. The van der Waals surface area contributed by atoms with Crippen LogP contribution in [0.15, 0.2) is 24.4 Å². The van der Waals surface area contributed by atoms with Crippen molar-refractivity contribution < 1.29 is 14.3 Å². The molecule has 3 rings (SSSR count). The lowest BCUT2D eigenvalue weighted by atomic mass is 9.91. The van der Waals surface area contributed by atoms with Crippen molar-refractivity contribution in [3.8, 4) is 11.5 Å². The van der Waals surface area contributed by atoms with Gasteiger partial charge < -0.3 is 19.4 Å². The third-order valence-corrected chi connectivity index (χ3v) is 5.48. The van der Waals surface area contributed by atoms with Gasteiger partial charge in [0.2, 0.25) is 0 Å². The molecule has 0 saturated carbocycles. The average molecular weight is 371 g/mol. The van der Waals surface area contributed by atoms with E-state index < -0.39 is 0 Å². The Morgan fingerprint density at radius 2 is 2.11 bits per heavy atom. The molecule has 0 aliphatic carbocycles. The van der Waals surface area contributed by atoms with E-state index in [1.54, 1.807) is 20.4 Å². The Bertz CT molecular complexity index is 800. The van der Waals surface area contributed by atoms with Crippen molar-refractivity contribution in [1.82, 2.24) is 14.9 Å². The summed E-state index contributed by atoms with van der Waals surface area (Å²) in [6, 6.07) is 6.06. The maximum absolute atomic E-state index is 12.6. The van der Waals surface area contributed by atoms with Crippen molar-refractivity contribution in [2.75, 3.05) is 20.8 Å². The molecule has 6 heteroatoms. The van der Waals surface area contributed by atoms with Crippen LogP contribution in [-0.2, 0) is 13.0 Å². The highest BCUT2D eigenvalue weighted by Gasteiger charge is 2.26. The Labute approximate surface area is 160 Å². The lowest BCUT2D eigenvalue weighted by molar-refractivity contribution is 0.0937. The summed E-state index contributed by atoms with van der Waals surface area (Å²) in [6.07, 6.45) is 4.61. The smallest absolute Gasteiger partial charge is 0.269 e. The number of ether oxygens (including phenoxy) is 2. The predicted molar refractivity (Wildman–Crippen MR) is 105 cm³/mol. The van der Waals surface area contributed by atoms with E-state index in [2.05, 4.69) is 34.8 Å². The number of nitrogens with zero attached hydrogens (tertiary/aromatic N) is 2. The highest BCUT2D eigenvalue weighted by molar-refractivity contribution is 5.92. The lowest BCUT2D eigenvalue weighted by Gasteiger charge is -2.26. The molecule has 2 heterocycles. The zero-order valence-corrected chi connectivity index (χ0v) is 16.6. The number of amides is 1. The van der Waals surface area contributed by atoms with Gasteiger partial charge in [-0.15, -0.1) is 0 Å². The van der Waals surface area contributed by atoms with E-state index in [1.165, 1.54) is 5.56 Å². The predicted octanol–water partition coefficient (Wildman–Crippen LogP) is 3.41. The topological polar surface area (TPSA) is 65.4 Å². The van der Waals surface area contributed by atoms with Gasteiger partial charge in [0.1, 0.15) is 11.5 Å². The quantitative estimate of drug-likeness (QED) is 0.810. The van der Waals surface area contributed by atoms with E-state index >= 15 is 0 Å². The first-order valence-corrected chi connectivity index (χ1v) is 9.61. The van der Waals surface area contributed by atoms with Crippen LogP contribution in [-0.4, -0.2) is 36.2 Å². The minimum atomic E-state index is -0.0398. The van der Waals surface area contributed by atoms with Gasteiger partial charge in [-0.2, -0.15) is 0 Å². The molecule has 27 heavy (non-hydrogen) atoms. The summed E-state index contributed by atoms with van der Waals surface area (Å²) < 4.78 is 12.8. The number of imidazole rings is 1. The maximum Gasteiger partial charge on any atom is 0.269 e. The first kappa shape index (κ1) is 19.3. The molecular weight excluding hydrogens is 342 g/mol. The molecular formula is C21H29N3O3. The van der Waals surface area contributed by atoms with Crippen molar-refractivity contribution >= 4 is 5.91 Å². The molecule has 2 unspecified atom stereocenters. The summed E-state index contributed by atoms with van der Waals surface area (Å²) in [4.78, 5) is 17.1. The Morgan fingerprint density at radius 1 is 1.33 bits per heavy atom. The molecule has 1 amide bonds. The summed E-state index contributed by atoms with van der Waals surface area (Å²) in [5, 5.41) is 3.04. The van der Waals surface area contributed by atoms with Gasteiger partial charge in [-0.25, -0.2) is 4.98 Å². The second-order valence-electron chi connectivity index (χ2n) is 7.24. The molecule has 1 aromatic heterocycles.